The Kier molecular flexibility index (Phi) is 4.23. The molecule has 1 atom stereocenters. The van der Waals surface area contributed by atoms with Crippen molar-refractivity contribution in [3.63, 3.8) is 0 Å². The van der Waals surface area contributed by atoms with Crippen molar-refractivity contribution in [2.75, 3.05) is 19.3 Å². The summed E-state index contributed by atoms with van der Waals surface area (Å²) in [5, 5.41) is 13.9. The summed E-state index contributed by atoms with van der Waals surface area (Å²) in [6, 6.07) is 7.14. The van der Waals surface area contributed by atoms with Gasteiger partial charge in [-0.25, -0.2) is 4.79 Å². The second-order valence-electron chi connectivity index (χ2n) is 6.27. The molecule has 136 valence electrons. The van der Waals surface area contributed by atoms with E-state index in [-0.39, 0.29) is 11.8 Å². The van der Waals surface area contributed by atoms with Gasteiger partial charge in [0, 0.05) is 46.3 Å². The van der Waals surface area contributed by atoms with Gasteiger partial charge in [-0.2, -0.15) is 4.98 Å². The first-order valence-corrected chi connectivity index (χ1v) is 9.76. The smallest absolute Gasteiger partial charge is 0.407 e. The molecule has 3 heterocycles. The predicted octanol–water partition coefficient (Wildman–Crippen LogP) is 3.08. The number of amides is 1. The summed E-state index contributed by atoms with van der Waals surface area (Å²) >= 11 is 0. The zero-order valence-corrected chi connectivity index (χ0v) is 14.9. The molecule has 0 aliphatic carbocycles. The third-order valence-electron chi connectivity index (χ3n) is 4.60. The molecule has 0 saturated carbocycles. The zero-order chi connectivity index (χ0) is 18.3. The lowest BCUT2D eigenvalue weighted by atomic mass is 9.96. The number of fused-ring (bicyclic) bond motifs is 1. The molecule has 3 aromatic rings. The standard InChI is InChI=1S/C17H17N3O5S/c1-26(23)12-2-3-13-11(8-12)9-14(24-13)16-18-15(19-25-16)10-4-6-20(7-5-10)17(21)22/h2-3,8-10H,4-7H2,1H3,(H,21,22). The summed E-state index contributed by atoms with van der Waals surface area (Å²) in [5.74, 6) is 1.39. The molecule has 1 fully saturated rings. The van der Waals surface area contributed by atoms with Crippen LogP contribution in [-0.4, -0.2) is 49.8 Å². The van der Waals surface area contributed by atoms with E-state index in [0.29, 0.717) is 43.1 Å². The molecule has 1 amide bonds. The van der Waals surface area contributed by atoms with Gasteiger partial charge in [-0.1, -0.05) is 5.16 Å². The predicted molar refractivity (Wildman–Crippen MR) is 93.4 cm³/mol. The fourth-order valence-corrected chi connectivity index (χ4v) is 3.69. The molecule has 2 aromatic heterocycles. The molecule has 8 nitrogen and oxygen atoms in total. The van der Waals surface area contributed by atoms with Crippen molar-refractivity contribution in [3.8, 4) is 11.7 Å². The van der Waals surface area contributed by atoms with Gasteiger partial charge in [0.05, 0.1) is 0 Å². The van der Waals surface area contributed by atoms with E-state index in [1.54, 1.807) is 24.5 Å². The maximum atomic E-state index is 11.6. The highest BCUT2D eigenvalue weighted by Crippen LogP contribution is 2.31. The van der Waals surface area contributed by atoms with Crippen molar-refractivity contribution in [2.45, 2.75) is 23.7 Å². The second-order valence-corrected chi connectivity index (χ2v) is 7.65. The van der Waals surface area contributed by atoms with Crippen LogP contribution < -0.4 is 0 Å². The largest absolute Gasteiger partial charge is 0.465 e. The number of nitrogens with zero attached hydrogens (tertiary/aromatic N) is 3. The van der Waals surface area contributed by atoms with Crippen LogP contribution in [0, 0.1) is 0 Å². The van der Waals surface area contributed by atoms with Crippen molar-refractivity contribution in [2.24, 2.45) is 0 Å². The van der Waals surface area contributed by atoms with Crippen molar-refractivity contribution in [1.82, 2.24) is 15.0 Å². The van der Waals surface area contributed by atoms with Crippen LogP contribution in [0.3, 0.4) is 0 Å². The van der Waals surface area contributed by atoms with E-state index < -0.39 is 16.9 Å². The molecule has 26 heavy (non-hydrogen) atoms. The van der Waals surface area contributed by atoms with Gasteiger partial charge in [0.2, 0.25) is 0 Å². The Morgan fingerprint density at radius 1 is 1.31 bits per heavy atom. The van der Waals surface area contributed by atoms with Crippen molar-refractivity contribution < 1.29 is 23.1 Å². The summed E-state index contributed by atoms with van der Waals surface area (Å²) in [4.78, 5) is 17.5. The van der Waals surface area contributed by atoms with Gasteiger partial charge >= 0.3 is 6.09 Å². The summed E-state index contributed by atoms with van der Waals surface area (Å²) in [5.41, 5.74) is 0.656. The van der Waals surface area contributed by atoms with Gasteiger partial charge in [0.1, 0.15) is 5.58 Å². The van der Waals surface area contributed by atoms with E-state index in [9.17, 15) is 9.00 Å². The van der Waals surface area contributed by atoms with Crippen LogP contribution in [0.4, 0.5) is 4.79 Å². The molecule has 1 aliphatic rings. The number of aromatic nitrogens is 2. The average Bonchev–Trinajstić information content (AvgIpc) is 3.27. The Bertz CT molecular complexity index is 987. The highest BCUT2D eigenvalue weighted by molar-refractivity contribution is 7.84. The Morgan fingerprint density at radius 3 is 2.77 bits per heavy atom. The van der Waals surface area contributed by atoms with E-state index in [2.05, 4.69) is 10.1 Å². The van der Waals surface area contributed by atoms with Gasteiger partial charge in [-0.05, 0) is 37.1 Å². The number of likely N-dealkylation sites (tertiary alicyclic amines) is 1. The van der Waals surface area contributed by atoms with Gasteiger partial charge in [0.15, 0.2) is 11.6 Å². The molecule has 1 unspecified atom stereocenters. The number of piperidine rings is 1. The van der Waals surface area contributed by atoms with Crippen molar-refractivity contribution >= 4 is 27.9 Å². The van der Waals surface area contributed by atoms with Crippen LogP contribution in [0.25, 0.3) is 22.6 Å². The van der Waals surface area contributed by atoms with Crippen LogP contribution in [0.2, 0.25) is 0 Å². The third-order valence-corrected chi connectivity index (χ3v) is 5.52. The number of hydrogen-bond donors (Lipinski definition) is 1. The van der Waals surface area contributed by atoms with Crippen LogP contribution in [0.15, 0.2) is 38.1 Å². The average molecular weight is 375 g/mol. The maximum Gasteiger partial charge on any atom is 0.407 e. The van der Waals surface area contributed by atoms with Gasteiger partial charge < -0.3 is 18.9 Å². The highest BCUT2D eigenvalue weighted by atomic mass is 32.2. The minimum Gasteiger partial charge on any atom is -0.465 e. The molecule has 9 heteroatoms. The third kappa shape index (κ3) is 3.10. The molecule has 0 bridgehead atoms. The Labute approximate surface area is 151 Å². The van der Waals surface area contributed by atoms with E-state index >= 15 is 0 Å². The van der Waals surface area contributed by atoms with Crippen LogP contribution in [0.5, 0.6) is 0 Å². The molecule has 1 saturated heterocycles. The fraction of sp³-hybridized carbons (Fsp3) is 0.353. The summed E-state index contributed by atoms with van der Waals surface area (Å²) in [6.07, 6.45) is 2.06. The van der Waals surface area contributed by atoms with Crippen molar-refractivity contribution in [3.05, 3.63) is 30.1 Å². The van der Waals surface area contributed by atoms with Crippen LogP contribution in [0.1, 0.15) is 24.6 Å². The lowest BCUT2D eigenvalue weighted by Gasteiger charge is -2.28. The first-order chi connectivity index (χ1) is 12.5. The first kappa shape index (κ1) is 16.8. The fourth-order valence-electron chi connectivity index (χ4n) is 3.14. The number of carbonyl (C=O) groups is 1. The molecule has 0 spiro atoms. The topological polar surface area (TPSA) is 110 Å². The number of benzene rings is 1. The SMILES string of the molecule is CS(=O)c1ccc2oc(-c3nc(C4CCN(C(=O)O)CC4)no3)cc2c1. The monoisotopic (exact) mass is 375 g/mol. The summed E-state index contributed by atoms with van der Waals surface area (Å²) < 4.78 is 22.7. The van der Waals surface area contributed by atoms with Crippen LogP contribution in [-0.2, 0) is 10.8 Å². The Morgan fingerprint density at radius 2 is 2.08 bits per heavy atom. The summed E-state index contributed by atoms with van der Waals surface area (Å²) in [6.45, 7) is 0.927. The lowest BCUT2D eigenvalue weighted by Crippen LogP contribution is -2.37. The van der Waals surface area contributed by atoms with Gasteiger partial charge in [-0.3, -0.25) is 4.21 Å². The zero-order valence-electron chi connectivity index (χ0n) is 14.0. The van der Waals surface area contributed by atoms with E-state index in [0.717, 1.165) is 10.3 Å². The molecular formula is C17H17N3O5S. The minimum atomic E-state index is -1.06. The lowest BCUT2D eigenvalue weighted by molar-refractivity contribution is 0.131. The van der Waals surface area contributed by atoms with Crippen molar-refractivity contribution in [1.29, 1.82) is 0 Å². The molecule has 4 rings (SSSR count). The van der Waals surface area contributed by atoms with E-state index in [1.807, 2.05) is 6.07 Å². The maximum absolute atomic E-state index is 11.6. The minimum absolute atomic E-state index is 0.0709. The number of furan rings is 1. The molecule has 1 aromatic carbocycles. The highest BCUT2D eigenvalue weighted by Gasteiger charge is 2.27. The Hall–Kier alpha value is -2.68. The first-order valence-electron chi connectivity index (χ1n) is 8.20. The Balaban J connectivity index is 1.55. The second kappa shape index (κ2) is 6.56. The molecule has 1 N–H and O–H groups in total. The molecule has 0 radical (unpaired) electrons. The molecule has 1 aliphatic heterocycles. The summed E-state index contributed by atoms with van der Waals surface area (Å²) in [7, 11) is -1.06. The number of carboxylic acid groups (broad SMARTS) is 1. The van der Waals surface area contributed by atoms with Crippen LogP contribution >= 0.6 is 0 Å². The molecular weight excluding hydrogens is 358 g/mol. The number of rotatable bonds is 3. The number of hydrogen-bond acceptors (Lipinski definition) is 6. The van der Waals surface area contributed by atoms with Gasteiger partial charge in [-0.15, -0.1) is 0 Å². The van der Waals surface area contributed by atoms with E-state index in [1.165, 1.54) is 4.90 Å². The quantitative estimate of drug-likeness (QED) is 0.749. The van der Waals surface area contributed by atoms with E-state index in [4.69, 9.17) is 14.0 Å². The van der Waals surface area contributed by atoms with Gasteiger partial charge in [0.25, 0.3) is 5.89 Å². The normalized spacial score (nSPS) is 16.9.